The first-order chi connectivity index (χ1) is 19.3. The van der Waals surface area contributed by atoms with Crippen molar-refractivity contribution < 1.29 is 4.57 Å². The maximum atomic E-state index is 4.73. The van der Waals surface area contributed by atoms with Crippen molar-refractivity contribution in [2.24, 2.45) is 7.05 Å². The third kappa shape index (κ3) is 3.25. The molecule has 0 unspecified atom stereocenters. The highest BCUT2D eigenvalue weighted by Gasteiger charge is 2.19. The molecule has 0 spiro atoms. The van der Waals surface area contributed by atoms with Gasteiger partial charge < -0.3 is 4.57 Å². The van der Waals surface area contributed by atoms with Crippen molar-refractivity contribution in [2.45, 2.75) is 0 Å². The summed E-state index contributed by atoms with van der Waals surface area (Å²) in [5.41, 5.74) is 8.19. The average Bonchev–Trinajstić information content (AvgIpc) is 3.49. The molecule has 8 rings (SSSR count). The maximum absolute atomic E-state index is 4.73. The predicted octanol–water partition coefficient (Wildman–Crippen LogP) is 7.77. The Morgan fingerprint density at radius 1 is 0.538 bits per heavy atom. The fraction of sp³-hybridized carbons (Fsp3) is 0.0286. The number of hydrogen-bond acceptors (Lipinski definition) is 1. The van der Waals surface area contributed by atoms with Crippen LogP contribution in [0.2, 0.25) is 0 Å². The molecule has 0 aliphatic carbocycles. The van der Waals surface area contributed by atoms with Crippen LogP contribution in [-0.2, 0) is 7.05 Å². The number of aromatic nitrogens is 4. The summed E-state index contributed by atoms with van der Waals surface area (Å²) in [7, 11) is 2.09. The Labute approximate surface area is 225 Å². The molecule has 0 N–H and O–H groups in total. The second-order valence-corrected chi connectivity index (χ2v) is 10.0. The first kappa shape index (κ1) is 21.8. The van der Waals surface area contributed by atoms with Gasteiger partial charge in [-0.15, -0.1) is 0 Å². The highest BCUT2D eigenvalue weighted by Crippen LogP contribution is 2.39. The van der Waals surface area contributed by atoms with E-state index in [2.05, 4.69) is 136 Å². The Bertz CT molecular complexity index is 2180. The number of pyridine rings is 2. The molecule has 4 aromatic carbocycles. The first-order valence-corrected chi connectivity index (χ1v) is 13.2. The smallest absolute Gasteiger partial charge is 0.212 e. The van der Waals surface area contributed by atoms with Crippen LogP contribution in [0.5, 0.6) is 0 Å². The topological polar surface area (TPSA) is 26.6 Å². The molecule has 4 heteroatoms. The summed E-state index contributed by atoms with van der Waals surface area (Å²) >= 11 is 0. The van der Waals surface area contributed by atoms with E-state index in [9.17, 15) is 0 Å². The van der Waals surface area contributed by atoms with Crippen LogP contribution in [0, 0.1) is 0 Å². The second-order valence-electron chi connectivity index (χ2n) is 10.0. The molecule has 8 aromatic rings. The molecule has 0 atom stereocenters. The SMILES string of the molecule is C[n+]1ccccc1-c1cccc(-n2c3ccccc3c3cc4c5ccccc5n(-c5ccccn5)c4cc32)c1. The quantitative estimate of drug-likeness (QED) is 0.227. The van der Waals surface area contributed by atoms with Gasteiger partial charge in [0.25, 0.3) is 0 Å². The van der Waals surface area contributed by atoms with E-state index >= 15 is 0 Å². The lowest BCUT2D eigenvalue weighted by molar-refractivity contribution is -0.660. The number of nitrogens with zero attached hydrogens (tertiary/aromatic N) is 4. The molecule has 0 saturated carbocycles. The summed E-state index contributed by atoms with van der Waals surface area (Å²) in [4.78, 5) is 4.73. The minimum Gasteiger partial charge on any atom is -0.309 e. The van der Waals surface area contributed by atoms with E-state index in [4.69, 9.17) is 4.98 Å². The van der Waals surface area contributed by atoms with Crippen molar-refractivity contribution >= 4 is 43.6 Å². The van der Waals surface area contributed by atoms with Crippen LogP contribution in [0.1, 0.15) is 0 Å². The highest BCUT2D eigenvalue weighted by molar-refractivity contribution is 6.19. The van der Waals surface area contributed by atoms with Gasteiger partial charge in [-0.25, -0.2) is 9.55 Å². The molecule has 0 fully saturated rings. The number of rotatable bonds is 3. The predicted molar refractivity (Wildman–Crippen MR) is 160 cm³/mol. The molecule has 39 heavy (non-hydrogen) atoms. The zero-order valence-electron chi connectivity index (χ0n) is 21.5. The molecular formula is C35H25N4+. The number of aryl methyl sites for hydroxylation is 1. The minimum absolute atomic E-state index is 0.921. The fourth-order valence-corrected chi connectivity index (χ4v) is 6.07. The third-order valence-electron chi connectivity index (χ3n) is 7.80. The lowest BCUT2D eigenvalue weighted by Crippen LogP contribution is -2.29. The zero-order valence-corrected chi connectivity index (χ0v) is 21.5. The lowest BCUT2D eigenvalue weighted by atomic mass is 10.1. The Kier molecular flexibility index (Phi) is 4.70. The highest BCUT2D eigenvalue weighted by atomic mass is 15.1. The third-order valence-corrected chi connectivity index (χ3v) is 7.80. The summed E-state index contributed by atoms with van der Waals surface area (Å²) in [6, 6.07) is 43.3. The summed E-state index contributed by atoms with van der Waals surface area (Å²) < 4.78 is 6.85. The zero-order chi connectivity index (χ0) is 25.9. The van der Waals surface area contributed by atoms with Gasteiger partial charge in [0.2, 0.25) is 5.69 Å². The average molecular weight is 502 g/mol. The molecule has 0 bridgehead atoms. The van der Waals surface area contributed by atoms with E-state index in [-0.39, 0.29) is 0 Å². The van der Waals surface area contributed by atoms with Crippen LogP contribution in [0.4, 0.5) is 0 Å². The van der Waals surface area contributed by atoms with Crippen molar-refractivity contribution in [1.29, 1.82) is 0 Å². The van der Waals surface area contributed by atoms with Crippen molar-refractivity contribution in [2.75, 3.05) is 0 Å². The lowest BCUT2D eigenvalue weighted by Gasteiger charge is -2.10. The number of fused-ring (bicyclic) bond motifs is 6. The Hall–Kier alpha value is -5.22. The summed E-state index contributed by atoms with van der Waals surface area (Å²) in [5, 5.41) is 4.96. The van der Waals surface area contributed by atoms with Crippen molar-refractivity contribution in [3.05, 3.63) is 134 Å². The minimum atomic E-state index is 0.921. The van der Waals surface area contributed by atoms with Crippen LogP contribution < -0.4 is 4.57 Å². The standard InChI is InChI=1S/C35H25N4/c1-37-20-9-7-15-30(37)24-11-10-12-25(21-24)38-31-16-4-2-13-26(31)28-22-29-27-14-3-5-17-32(27)39(34(29)23-33(28)38)35-18-6-8-19-36-35/h2-23H,1H3/q+1. The number of benzene rings is 4. The number of hydrogen-bond donors (Lipinski definition) is 0. The number of para-hydroxylation sites is 2. The molecule has 184 valence electrons. The molecule has 0 aliphatic heterocycles. The Morgan fingerprint density at radius 3 is 1.97 bits per heavy atom. The van der Waals surface area contributed by atoms with E-state index in [0.29, 0.717) is 0 Å². The van der Waals surface area contributed by atoms with Crippen LogP contribution in [-0.4, -0.2) is 14.1 Å². The maximum Gasteiger partial charge on any atom is 0.212 e. The van der Waals surface area contributed by atoms with Gasteiger partial charge in [-0.05, 0) is 60.7 Å². The molecule has 4 heterocycles. The van der Waals surface area contributed by atoms with Crippen LogP contribution >= 0.6 is 0 Å². The molecule has 0 saturated heterocycles. The van der Waals surface area contributed by atoms with Gasteiger partial charge in [-0.2, -0.15) is 0 Å². The summed E-state index contributed by atoms with van der Waals surface area (Å²) in [5.74, 6) is 0.921. The van der Waals surface area contributed by atoms with Gasteiger partial charge in [0, 0.05) is 51.1 Å². The molecular weight excluding hydrogens is 476 g/mol. The molecule has 0 amide bonds. The summed E-state index contributed by atoms with van der Waals surface area (Å²) in [6.45, 7) is 0. The van der Waals surface area contributed by atoms with Gasteiger partial charge >= 0.3 is 0 Å². The van der Waals surface area contributed by atoms with Gasteiger partial charge in [-0.1, -0.05) is 48.5 Å². The van der Waals surface area contributed by atoms with Gasteiger partial charge in [0.05, 0.1) is 22.1 Å². The molecule has 4 aromatic heterocycles. The Balaban J connectivity index is 1.49. The van der Waals surface area contributed by atoms with Gasteiger partial charge in [0.1, 0.15) is 12.9 Å². The largest absolute Gasteiger partial charge is 0.309 e. The second kappa shape index (κ2) is 8.40. The van der Waals surface area contributed by atoms with E-state index in [1.165, 1.54) is 43.8 Å². The monoisotopic (exact) mass is 501 g/mol. The van der Waals surface area contributed by atoms with Crippen molar-refractivity contribution in [3.8, 4) is 22.8 Å². The van der Waals surface area contributed by atoms with Crippen LogP contribution in [0.15, 0.2) is 134 Å². The van der Waals surface area contributed by atoms with E-state index in [1.807, 2.05) is 18.3 Å². The molecule has 0 aliphatic rings. The van der Waals surface area contributed by atoms with Crippen molar-refractivity contribution in [1.82, 2.24) is 14.1 Å². The fourth-order valence-electron chi connectivity index (χ4n) is 6.07. The summed E-state index contributed by atoms with van der Waals surface area (Å²) in [6.07, 6.45) is 3.95. The van der Waals surface area contributed by atoms with E-state index in [0.717, 1.165) is 22.5 Å². The normalized spacial score (nSPS) is 11.7. The first-order valence-electron chi connectivity index (χ1n) is 13.2. The van der Waals surface area contributed by atoms with E-state index in [1.54, 1.807) is 0 Å². The van der Waals surface area contributed by atoms with Crippen LogP contribution in [0.3, 0.4) is 0 Å². The van der Waals surface area contributed by atoms with Gasteiger partial charge in [0.15, 0.2) is 6.20 Å². The van der Waals surface area contributed by atoms with E-state index < -0.39 is 0 Å². The van der Waals surface area contributed by atoms with Crippen molar-refractivity contribution in [3.63, 3.8) is 0 Å². The molecule has 0 radical (unpaired) electrons. The molecule has 4 nitrogen and oxygen atoms in total. The van der Waals surface area contributed by atoms with Gasteiger partial charge in [-0.3, -0.25) is 4.57 Å². The van der Waals surface area contributed by atoms with Crippen LogP contribution in [0.25, 0.3) is 66.4 Å². The Morgan fingerprint density at radius 2 is 1.23 bits per heavy atom.